The minimum absolute atomic E-state index is 0.0346. The highest BCUT2D eigenvalue weighted by Crippen LogP contribution is 2.26. The number of aliphatic hydroxyl groups is 1. The van der Waals surface area contributed by atoms with Crippen LogP contribution in [0.15, 0.2) is 0 Å². The molecule has 1 amide bonds. The van der Waals surface area contributed by atoms with Crippen LogP contribution in [0.5, 0.6) is 0 Å². The monoisotopic (exact) mass is 266 g/mol. The van der Waals surface area contributed by atoms with Gasteiger partial charge in [-0.1, -0.05) is 0 Å². The predicted molar refractivity (Wildman–Crippen MR) is 71.3 cm³/mol. The number of piperidine rings is 1. The van der Waals surface area contributed by atoms with Gasteiger partial charge in [0.25, 0.3) is 0 Å². The minimum Gasteiger partial charge on any atom is -0.388 e. The Morgan fingerprint density at radius 3 is 2.89 bits per heavy atom. The number of hydrogen-bond acceptors (Lipinski definition) is 4. The van der Waals surface area contributed by atoms with Crippen LogP contribution in [0.25, 0.3) is 0 Å². The number of hydrogen-bond donors (Lipinski definition) is 3. The molecule has 1 fully saturated rings. The van der Waals surface area contributed by atoms with E-state index in [4.69, 9.17) is 5.73 Å². The van der Waals surface area contributed by atoms with E-state index < -0.39 is 11.5 Å². The lowest BCUT2D eigenvalue weighted by Gasteiger charge is -2.38. The molecule has 6 nitrogen and oxygen atoms in total. The van der Waals surface area contributed by atoms with Gasteiger partial charge in [-0.05, 0) is 33.2 Å². The molecule has 1 aromatic rings. The maximum atomic E-state index is 11.0. The molecule has 0 saturated carbocycles. The molecular weight excluding hydrogens is 244 g/mol. The Morgan fingerprint density at radius 1 is 1.58 bits per heavy atom. The van der Waals surface area contributed by atoms with Crippen molar-refractivity contribution in [1.82, 2.24) is 15.1 Å². The molecule has 2 heterocycles. The third-order valence-electron chi connectivity index (χ3n) is 3.80. The normalized spacial score (nSPS) is 24.6. The van der Waals surface area contributed by atoms with Crippen molar-refractivity contribution in [2.45, 2.75) is 45.3 Å². The van der Waals surface area contributed by atoms with E-state index in [9.17, 15) is 9.90 Å². The zero-order valence-corrected chi connectivity index (χ0v) is 11.6. The van der Waals surface area contributed by atoms with Crippen LogP contribution < -0.4 is 5.73 Å². The van der Waals surface area contributed by atoms with E-state index in [1.54, 1.807) is 0 Å². The molecule has 0 aromatic carbocycles. The number of carbonyl (C=O) groups excluding carboxylic acids is 1. The fraction of sp³-hybridized carbons (Fsp3) is 0.692. The smallest absolute Gasteiger partial charge is 0.220 e. The molecule has 1 aliphatic rings. The highest BCUT2D eigenvalue weighted by atomic mass is 16.3. The number of aryl methyl sites for hydroxylation is 2. The fourth-order valence-corrected chi connectivity index (χ4v) is 2.84. The molecule has 0 bridgehead atoms. The van der Waals surface area contributed by atoms with E-state index >= 15 is 0 Å². The van der Waals surface area contributed by atoms with Crippen molar-refractivity contribution in [2.24, 2.45) is 5.73 Å². The van der Waals surface area contributed by atoms with Crippen LogP contribution in [0.2, 0.25) is 0 Å². The number of primary amides is 1. The van der Waals surface area contributed by atoms with Crippen LogP contribution in [-0.2, 0) is 11.3 Å². The molecule has 19 heavy (non-hydrogen) atoms. The number of β-amino-alcohol motifs (C(OH)–C–C–N with tert-alkyl or cyclic N) is 1. The Kier molecular flexibility index (Phi) is 3.91. The second-order valence-corrected chi connectivity index (χ2v) is 5.59. The summed E-state index contributed by atoms with van der Waals surface area (Å²) < 4.78 is 0. The second kappa shape index (κ2) is 5.30. The molecule has 1 aliphatic heterocycles. The molecule has 0 radical (unpaired) electrons. The number of nitrogens with two attached hydrogens (primary N) is 1. The fourth-order valence-electron chi connectivity index (χ4n) is 2.84. The molecule has 1 aromatic heterocycles. The maximum Gasteiger partial charge on any atom is 0.220 e. The van der Waals surface area contributed by atoms with Crippen LogP contribution in [0.4, 0.5) is 0 Å². The molecule has 106 valence electrons. The largest absolute Gasteiger partial charge is 0.388 e. The number of aromatic amines is 1. The van der Waals surface area contributed by atoms with Gasteiger partial charge in [-0.3, -0.25) is 14.8 Å². The summed E-state index contributed by atoms with van der Waals surface area (Å²) in [5, 5.41) is 17.6. The standard InChI is InChI=1S/C13H22N4O2/c1-9-11(10(2)16-15-9)7-17-5-3-4-13(19,8-17)6-12(14)18/h19H,3-8H2,1-2H3,(H2,14,18)(H,15,16). The van der Waals surface area contributed by atoms with E-state index in [1.807, 2.05) is 13.8 Å². The number of amides is 1. The van der Waals surface area contributed by atoms with Crippen LogP contribution in [0, 0.1) is 13.8 Å². The van der Waals surface area contributed by atoms with Crippen molar-refractivity contribution in [3.8, 4) is 0 Å². The number of carbonyl (C=O) groups is 1. The van der Waals surface area contributed by atoms with Gasteiger partial charge in [-0.25, -0.2) is 0 Å². The Balaban J connectivity index is 2.04. The molecule has 1 saturated heterocycles. The number of aromatic nitrogens is 2. The minimum atomic E-state index is -0.977. The average molecular weight is 266 g/mol. The lowest BCUT2D eigenvalue weighted by molar-refractivity contribution is -0.125. The molecule has 2 rings (SSSR count). The molecular formula is C13H22N4O2. The molecule has 6 heteroatoms. The second-order valence-electron chi connectivity index (χ2n) is 5.59. The zero-order valence-electron chi connectivity index (χ0n) is 11.6. The first kappa shape index (κ1) is 14.0. The van der Waals surface area contributed by atoms with Crippen LogP contribution in [-0.4, -0.2) is 44.8 Å². The third-order valence-corrected chi connectivity index (χ3v) is 3.80. The molecule has 0 aliphatic carbocycles. The van der Waals surface area contributed by atoms with Crippen molar-refractivity contribution in [3.63, 3.8) is 0 Å². The highest BCUT2D eigenvalue weighted by molar-refractivity contribution is 5.75. The number of rotatable bonds is 4. The summed E-state index contributed by atoms with van der Waals surface area (Å²) in [5.74, 6) is -0.444. The van der Waals surface area contributed by atoms with Gasteiger partial charge in [-0.15, -0.1) is 0 Å². The van der Waals surface area contributed by atoms with Gasteiger partial charge in [-0.2, -0.15) is 5.10 Å². The molecule has 1 unspecified atom stereocenters. The highest BCUT2D eigenvalue weighted by Gasteiger charge is 2.35. The lowest BCUT2D eigenvalue weighted by atomic mass is 9.89. The van der Waals surface area contributed by atoms with Gasteiger partial charge in [0.1, 0.15) is 0 Å². The average Bonchev–Trinajstić information content (AvgIpc) is 2.59. The van der Waals surface area contributed by atoms with Gasteiger partial charge < -0.3 is 10.8 Å². The van der Waals surface area contributed by atoms with Gasteiger partial charge in [0.15, 0.2) is 0 Å². The first-order chi connectivity index (χ1) is 8.89. The van der Waals surface area contributed by atoms with Gasteiger partial charge >= 0.3 is 0 Å². The third kappa shape index (κ3) is 3.33. The van der Waals surface area contributed by atoms with Crippen LogP contribution in [0.1, 0.15) is 36.2 Å². The van der Waals surface area contributed by atoms with Crippen molar-refractivity contribution in [3.05, 3.63) is 17.0 Å². The number of nitrogens with one attached hydrogen (secondary N) is 1. The van der Waals surface area contributed by atoms with Gasteiger partial charge in [0.05, 0.1) is 17.7 Å². The quantitative estimate of drug-likeness (QED) is 0.727. The van der Waals surface area contributed by atoms with E-state index in [-0.39, 0.29) is 6.42 Å². The first-order valence-corrected chi connectivity index (χ1v) is 6.63. The molecule has 0 spiro atoms. The Hall–Kier alpha value is -1.40. The van der Waals surface area contributed by atoms with Crippen LogP contribution >= 0.6 is 0 Å². The summed E-state index contributed by atoms with van der Waals surface area (Å²) >= 11 is 0. The maximum absolute atomic E-state index is 11.0. The summed E-state index contributed by atoms with van der Waals surface area (Å²) in [5.41, 5.74) is 7.44. The number of H-pyrrole nitrogens is 1. The number of likely N-dealkylation sites (tertiary alicyclic amines) is 1. The SMILES string of the molecule is Cc1n[nH]c(C)c1CN1CCCC(O)(CC(N)=O)C1. The Bertz CT molecular complexity index is 452. The van der Waals surface area contributed by atoms with E-state index in [2.05, 4.69) is 15.1 Å². The van der Waals surface area contributed by atoms with Crippen molar-refractivity contribution in [1.29, 1.82) is 0 Å². The van der Waals surface area contributed by atoms with E-state index in [1.165, 1.54) is 5.56 Å². The van der Waals surface area contributed by atoms with E-state index in [0.29, 0.717) is 13.0 Å². The number of nitrogens with zero attached hydrogens (tertiary/aromatic N) is 2. The van der Waals surface area contributed by atoms with Crippen molar-refractivity contribution in [2.75, 3.05) is 13.1 Å². The van der Waals surface area contributed by atoms with Crippen molar-refractivity contribution >= 4 is 5.91 Å². The zero-order chi connectivity index (χ0) is 14.0. The van der Waals surface area contributed by atoms with Gasteiger partial charge in [0.2, 0.25) is 5.91 Å². The summed E-state index contributed by atoms with van der Waals surface area (Å²) in [6.45, 7) is 6.12. The molecule has 4 N–H and O–H groups in total. The van der Waals surface area contributed by atoms with Gasteiger partial charge in [0, 0.05) is 24.3 Å². The lowest BCUT2D eigenvalue weighted by Crippen LogP contribution is -2.49. The first-order valence-electron chi connectivity index (χ1n) is 6.63. The summed E-state index contributed by atoms with van der Waals surface area (Å²) in [6.07, 6.45) is 1.54. The Labute approximate surface area is 113 Å². The Morgan fingerprint density at radius 2 is 2.32 bits per heavy atom. The van der Waals surface area contributed by atoms with Crippen LogP contribution in [0.3, 0.4) is 0 Å². The van der Waals surface area contributed by atoms with E-state index in [0.717, 1.165) is 30.9 Å². The molecule has 1 atom stereocenters. The topological polar surface area (TPSA) is 95.2 Å². The summed E-state index contributed by atoms with van der Waals surface area (Å²) in [6, 6.07) is 0. The van der Waals surface area contributed by atoms with Crippen molar-refractivity contribution < 1.29 is 9.90 Å². The summed E-state index contributed by atoms with van der Waals surface area (Å²) in [4.78, 5) is 13.2. The predicted octanol–water partition coefficient (Wildman–Crippen LogP) is 0.229. The summed E-state index contributed by atoms with van der Waals surface area (Å²) in [7, 11) is 0.